The van der Waals surface area contributed by atoms with Crippen molar-refractivity contribution in [1.82, 2.24) is 0 Å². The molecule has 22 heavy (non-hydrogen) atoms. The van der Waals surface area contributed by atoms with Gasteiger partial charge >= 0.3 is 5.97 Å². The van der Waals surface area contributed by atoms with Crippen LogP contribution in [0.15, 0.2) is 24.3 Å². The first-order valence-corrected chi connectivity index (χ1v) is 9.33. The SMILES string of the molecule is CCCCCCCCCCCCCCCC=CC=CC(=O)O. The zero-order valence-corrected chi connectivity index (χ0v) is 14.6. The number of unbranched alkanes of at least 4 members (excludes halogenated alkanes) is 13. The van der Waals surface area contributed by atoms with Gasteiger partial charge in [-0.25, -0.2) is 4.79 Å². The van der Waals surface area contributed by atoms with E-state index in [2.05, 4.69) is 13.0 Å². The molecule has 0 spiro atoms. The molecule has 0 rings (SSSR count). The van der Waals surface area contributed by atoms with Gasteiger partial charge in [0.25, 0.3) is 0 Å². The molecule has 0 saturated heterocycles. The van der Waals surface area contributed by atoms with E-state index in [1.54, 1.807) is 6.08 Å². The van der Waals surface area contributed by atoms with Crippen molar-refractivity contribution in [1.29, 1.82) is 0 Å². The van der Waals surface area contributed by atoms with E-state index in [1.165, 1.54) is 89.5 Å². The van der Waals surface area contributed by atoms with Crippen LogP contribution in [0.2, 0.25) is 0 Å². The fraction of sp³-hybridized carbons (Fsp3) is 0.750. The Morgan fingerprint density at radius 1 is 0.727 bits per heavy atom. The van der Waals surface area contributed by atoms with E-state index in [1.807, 2.05) is 6.08 Å². The molecule has 0 saturated carbocycles. The minimum absolute atomic E-state index is 0.884. The van der Waals surface area contributed by atoms with Crippen LogP contribution in [-0.4, -0.2) is 11.1 Å². The summed E-state index contributed by atoms with van der Waals surface area (Å²) in [6.07, 6.45) is 25.6. The number of hydrogen-bond acceptors (Lipinski definition) is 1. The molecule has 0 aromatic heterocycles. The van der Waals surface area contributed by atoms with Crippen LogP contribution < -0.4 is 0 Å². The lowest BCUT2D eigenvalue weighted by Crippen LogP contribution is -1.84. The molecule has 0 heterocycles. The fourth-order valence-corrected chi connectivity index (χ4v) is 2.59. The number of hydrogen-bond donors (Lipinski definition) is 1. The third-order valence-corrected chi connectivity index (χ3v) is 3.96. The van der Waals surface area contributed by atoms with Gasteiger partial charge in [-0.1, -0.05) is 102 Å². The molecule has 0 unspecified atom stereocenters. The van der Waals surface area contributed by atoms with Gasteiger partial charge in [0.2, 0.25) is 0 Å². The normalized spacial score (nSPS) is 11.7. The monoisotopic (exact) mass is 308 g/mol. The van der Waals surface area contributed by atoms with Gasteiger partial charge in [0.1, 0.15) is 0 Å². The summed E-state index contributed by atoms with van der Waals surface area (Å²) in [5, 5.41) is 8.42. The van der Waals surface area contributed by atoms with Gasteiger partial charge in [0.15, 0.2) is 0 Å². The second-order valence-electron chi connectivity index (χ2n) is 6.16. The Morgan fingerprint density at radius 3 is 1.64 bits per heavy atom. The lowest BCUT2D eigenvalue weighted by atomic mass is 10.0. The molecule has 0 aromatic carbocycles. The second kappa shape index (κ2) is 18.0. The minimum Gasteiger partial charge on any atom is -0.478 e. The van der Waals surface area contributed by atoms with E-state index >= 15 is 0 Å². The summed E-state index contributed by atoms with van der Waals surface area (Å²) in [7, 11) is 0. The van der Waals surface area contributed by atoms with Gasteiger partial charge in [-0.2, -0.15) is 0 Å². The Morgan fingerprint density at radius 2 is 1.18 bits per heavy atom. The number of allylic oxidation sites excluding steroid dienone is 3. The Bertz CT molecular complexity index is 292. The number of carboxylic acid groups (broad SMARTS) is 1. The summed E-state index contributed by atoms with van der Waals surface area (Å²) in [4.78, 5) is 10.2. The molecular formula is C20H36O2. The van der Waals surface area contributed by atoms with Crippen LogP contribution in [-0.2, 0) is 4.79 Å². The zero-order chi connectivity index (χ0) is 16.3. The summed E-state index contributed by atoms with van der Waals surface area (Å²) >= 11 is 0. The fourth-order valence-electron chi connectivity index (χ4n) is 2.59. The summed E-state index contributed by atoms with van der Waals surface area (Å²) in [5.41, 5.74) is 0. The van der Waals surface area contributed by atoms with Crippen molar-refractivity contribution in [3.8, 4) is 0 Å². The predicted octanol–water partition coefficient (Wildman–Crippen LogP) is 6.66. The molecule has 0 atom stereocenters. The smallest absolute Gasteiger partial charge is 0.328 e. The van der Waals surface area contributed by atoms with Crippen molar-refractivity contribution in [3.05, 3.63) is 24.3 Å². The quantitative estimate of drug-likeness (QED) is 0.196. The summed E-state index contributed by atoms with van der Waals surface area (Å²) < 4.78 is 0. The van der Waals surface area contributed by atoms with E-state index < -0.39 is 5.97 Å². The van der Waals surface area contributed by atoms with Crippen molar-refractivity contribution in [3.63, 3.8) is 0 Å². The Labute approximate surface area is 137 Å². The molecule has 0 fully saturated rings. The first-order chi connectivity index (χ1) is 10.8. The van der Waals surface area contributed by atoms with E-state index in [4.69, 9.17) is 5.11 Å². The number of rotatable bonds is 16. The summed E-state index contributed by atoms with van der Waals surface area (Å²) in [6.45, 7) is 2.27. The molecule has 0 aliphatic heterocycles. The largest absolute Gasteiger partial charge is 0.478 e. The molecule has 128 valence electrons. The third kappa shape index (κ3) is 18.9. The number of aliphatic carboxylic acids is 1. The van der Waals surface area contributed by atoms with Crippen LogP contribution in [0.3, 0.4) is 0 Å². The Kier molecular flexibility index (Phi) is 17.1. The number of carboxylic acids is 1. The van der Waals surface area contributed by atoms with Gasteiger partial charge in [0.05, 0.1) is 0 Å². The predicted molar refractivity (Wildman–Crippen MR) is 96.2 cm³/mol. The van der Waals surface area contributed by atoms with Crippen molar-refractivity contribution in [2.75, 3.05) is 0 Å². The van der Waals surface area contributed by atoms with Gasteiger partial charge in [0, 0.05) is 6.08 Å². The maximum atomic E-state index is 10.2. The Hall–Kier alpha value is -1.05. The maximum absolute atomic E-state index is 10.2. The molecule has 0 aromatic rings. The minimum atomic E-state index is -0.884. The van der Waals surface area contributed by atoms with Crippen LogP contribution in [0.5, 0.6) is 0 Å². The van der Waals surface area contributed by atoms with Crippen molar-refractivity contribution >= 4 is 5.97 Å². The van der Waals surface area contributed by atoms with Gasteiger partial charge in [-0.3, -0.25) is 0 Å². The summed E-state index contributed by atoms with van der Waals surface area (Å²) in [6, 6.07) is 0. The molecular weight excluding hydrogens is 272 g/mol. The molecule has 0 aliphatic carbocycles. The first kappa shape index (κ1) is 20.9. The lowest BCUT2D eigenvalue weighted by Gasteiger charge is -2.02. The number of carbonyl (C=O) groups is 1. The van der Waals surface area contributed by atoms with E-state index in [0.717, 1.165) is 6.42 Å². The molecule has 0 bridgehead atoms. The summed E-state index contributed by atoms with van der Waals surface area (Å²) in [5.74, 6) is -0.884. The second-order valence-corrected chi connectivity index (χ2v) is 6.16. The highest BCUT2D eigenvalue weighted by atomic mass is 16.4. The van der Waals surface area contributed by atoms with Gasteiger partial charge < -0.3 is 5.11 Å². The molecule has 0 aliphatic rings. The Balaban J connectivity index is 3.10. The first-order valence-electron chi connectivity index (χ1n) is 9.33. The van der Waals surface area contributed by atoms with E-state index in [9.17, 15) is 4.79 Å². The highest BCUT2D eigenvalue weighted by molar-refractivity contribution is 5.80. The van der Waals surface area contributed by atoms with Crippen molar-refractivity contribution in [2.24, 2.45) is 0 Å². The van der Waals surface area contributed by atoms with Crippen LogP contribution in [0.1, 0.15) is 96.8 Å². The van der Waals surface area contributed by atoms with Crippen LogP contribution in [0, 0.1) is 0 Å². The zero-order valence-electron chi connectivity index (χ0n) is 14.6. The van der Waals surface area contributed by atoms with E-state index in [0.29, 0.717) is 0 Å². The third-order valence-electron chi connectivity index (χ3n) is 3.96. The van der Waals surface area contributed by atoms with Gasteiger partial charge in [-0.15, -0.1) is 0 Å². The van der Waals surface area contributed by atoms with Crippen molar-refractivity contribution < 1.29 is 9.90 Å². The standard InChI is InChI=1S/C20H36O2/c1-2-3-4-5-6-7-8-9-10-11-12-13-14-15-16-17-18-19-20(21)22/h16-19H,2-15H2,1H3,(H,21,22). The maximum Gasteiger partial charge on any atom is 0.328 e. The van der Waals surface area contributed by atoms with E-state index in [-0.39, 0.29) is 0 Å². The van der Waals surface area contributed by atoms with Crippen LogP contribution >= 0.6 is 0 Å². The molecule has 0 amide bonds. The van der Waals surface area contributed by atoms with Gasteiger partial charge in [-0.05, 0) is 12.8 Å². The molecule has 2 nitrogen and oxygen atoms in total. The average Bonchev–Trinajstić information content (AvgIpc) is 2.50. The highest BCUT2D eigenvalue weighted by Crippen LogP contribution is 2.12. The topological polar surface area (TPSA) is 37.3 Å². The lowest BCUT2D eigenvalue weighted by molar-refractivity contribution is -0.131. The molecule has 2 heteroatoms. The highest BCUT2D eigenvalue weighted by Gasteiger charge is 1.93. The van der Waals surface area contributed by atoms with Crippen molar-refractivity contribution in [2.45, 2.75) is 96.8 Å². The molecule has 1 N–H and O–H groups in total. The average molecular weight is 309 g/mol. The van der Waals surface area contributed by atoms with Crippen LogP contribution in [0.4, 0.5) is 0 Å². The molecule has 0 radical (unpaired) electrons. The van der Waals surface area contributed by atoms with Crippen LogP contribution in [0.25, 0.3) is 0 Å².